The molecule has 3 aliphatic rings. The summed E-state index contributed by atoms with van der Waals surface area (Å²) in [5.41, 5.74) is 0.836. The Kier molecular flexibility index (Phi) is 6.86. The zero-order valence-electron chi connectivity index (χ0n) is 18.3. The largest absolute Gasteiger partial charge is 0.416 e. The average Bonchev–Trinajstić information content (AvgIpc) is 2.78. The topological polar surface area (TPSA) is 35.6 Å². The number of hydrogen-bond acceptors (Lipinski definition) is 3. The summed E-state index contributed by atoms with van der Waals surface area (Å²) >= 11 is 0. The Hall–Kier alpha value is -2.38. The molecule has 2 bridgehead atoms. The number of nitrogens with one attached hydrogen (secondary N) is 1. The second-order valence-electron chi connectivity index (χ2n) is 9.16. The molecular weight excluding hydrogens is 415 g/mol. The number of hydrogen-bond donors (Lipinski definition) is 1. The van der Waals surface area contributed by atoms with Gasteiger partial charge in [-0.2, -0.15) is 13.2 Å². The van der Waals surface area contributed by atoms with E-state index < -0.39 is 11.7 Å². The first-order valence-electron chi connectivity index (χ1n) is 11.2. The van der Waals surface area contributed by atoms with Crippen LogP contribution in [-0.4, -0.2) is 55.0 Å². The molecule has 7 heteroatoms. The summed E-state index contributed by atoms with van der Waals surface area (Å²) in [6, 6.07) is 15.2. The van der Waals surface area contributed by atoms with Crippen LogP contribution >= 0.6 is 0 Å². The van der Waals surface area contributed by atoms with E-state index in [1.807, 2.05) is 6.07 Å². The predicted molar refractivity (Wildman–Crippen MR) is 118 cm³/mol. The van der Waals surface area contributed by atoms with Gasteiger partial charge in [0.05, 0.1) is 5.56 Å². The van der Waals surface area contributed by atoms with E-state index in [4.69, 9.17) is 0 Å². The van der Waals surface area contributed by atoms with E-state index in [0.29, 0.717) is 24.4 Å². The van der Waals surface area contributed by atoms with Crippen molar-refractivity contribution >= 4 is 5.91 Å². The summed E-state index contributed by atoms with van der Waals surface area (Å²) in [7, 11) is 2.17. The molecule has 2 aromatic carbocycles. The molecule has 3 fully saturated rings. The third kappa shape index (κ3) is 5.51. The second-order valence-corrected chi connectivity index (χ2v) is 9.16. The predicted octanol–water partition coefficient (Wildman–Crippen LogP) is 4.28. The molecule has 0 aliphatic carbocycles. The molecule has 4 nitrogen and oxygen atoms in total. The molecule has 4 atom stereocenters. The molecule has 3 heterocycles. The molecule has 32 heavy (non-hydrogen) atoms. The highest BCUT2D eigenvalue weighted by Crippen LogP contribution is 2.36. The molecule has 0 aromatic heterocycles. The van der Waals surface area contributed by atoms with Gasteiger partial charge >= 0.3 is 6.18 Å². The molecule has 172 valence electrons. The zero-order chi connectivity index (χ0) is 22.7. The van der Waals surface area contributed by atoms with E-state index in [0.717, 1.165) is 44.7 Å². The van der Waals surface area contributed by atoms with Crippen molar-refractivity contribution in [2.45, 2.75) is 31.6 Å². The number of nitrogens with zero attached hydrogens (tertiary/aromatic N) is 2. The molecule has 2 aromatic rings. The summed E-state index contributed by atoms with van der Waals surface area (Å²) < 4.78 is 38.1. The Bertz CT molecular complexity index is 901. The van der Waals surface area contributed by atoms with E-state index in [1.165, 1.54) is 24.1 Å². The highest BCUT2D eigenvalue weighted by molar-refractivity contribution is 5.94. The van der Waals surface area contributed by atoms with Crippen LogP contribution in [0.25, 0.3) is 0 Å². The molecule has 0 saturated carbocycles. The minimum absolute atomic E-state index is 0.259. The SMILES string of the molecule is CN(Cc1ccccc1)CC1CN2CCC1CC2CNC(=O)c1ccc(C(F)(F)F)cc1. The normalized spacial score (nSPS) is 25.2. The second kappa shape index (κ2) is 9.63. The van der Waals surface area contributed by atoms with Gasteiger partial charge in [-0.05, 0) is 68.1 Å². The Labute approximate surface area is 187 Å². The zero-order valence-corrected chi connectivity index (χ0v) is 18.3. The molecule has 5 rings (SSSR count). The number of rotatable bonds is 7. The molecule has 0 spiro atoms. The van der Waals surface area contributed by atoms with Crippen molar-refractivity contribution in [2.24, 2.45) is 11.8 Å². The van der Waals surface area contributed by atoms with Crippen LogP contribution in [0, 0.1) is 11.8 Å². The van der Waals surface area contributed by atoms with Gasteiger partial charge in [-0.3, -0.25) is 9.69 Å². The van der Waals surface area contributed by atoms with Gasteiger partial charge in [0.25, 0.3) is 5.91 Å². The van der Waals surface area contributed by atoms with Gasteiger partial charge in [-0.15, -0.1) is 0 Å². The number of fused-ring (bicyclic) bond motifs is 3. The van der Waals surface area contributed by atoms with Crippen LogP contribution in [0.2, 0.25) is 0 Å². The van der Waals surface area contributed by atoms with Gasteiger partial charge in [-0.1, -0.05) is 30.3 Å². The fraction of sp³-hybridized carbons (Fsp3) is 0.480. The third-order valence-corrected chi connectivity index (χ3v) is 6.83. The lowest BCUT2D eigenvalue weighted by atomic mass is 9.75. The number of piperidine rings is 3. The molecule has 1 amide bonds. The number of amides is 1. The smallest absolute Gasteiger partial charge is 0.350 e. The Morgan fingerprint density at radius 2 is 1.84 bits per heavy atom. The van der Waals surface area contributed by atoms with Gasteiger partial charge in [-0.25, -0.2) is 0 Å². The third-order valence-electron chi connectivity index (χ3n) is 6.83. The van der Waals surface area contributed by atoms with E-state index in [-0.39, 0.29) is 11.5 Å². The maximum Gasteiger partial charge on any atom is 0.416 e. The molecule has 1 N–H and O–H groups in total. The molecule has 3 saturated heterocycles. The van der Waals surface area contributed by atoms with Gasteiger partial charge in [0.2, 0.25) is 0 Å². The number of halogens is 3. The lowest BCUT2D eigenvalue weighted by molar-refractivity contribution is -0.137. The van der Waals surface area contributed by atoms with Crippen molar-refractivity contribution in [3.05, 3.63) is 71.3 Å². The monoisotopic (exact) mass is 445 g/mol. The highest BCUT2D eigenvalue weighted by Gasteiger charge is 2.40. The number of carbonyl (C=O) groups excluding carboxylic acids is 1. The van der Waals surface area contributed by atoms with Crippen LogP contribution in [0.1, 0.15) is 34.3 Å². The van der Waals surface area contributed by atoms with E-state index in [9.17, 15) is 18.0 Å². The van der Waals surface area contributed by atoms with E-state index >= 15 is 0 Å². The van der Waals surface area contributed by atoms with Gasteiger partial charge < -0.3 is 10.2 Å². The van der Waals surface area contributed by atoms with Crippen LogP contribution < -0.4 is 5.32 Å². The first-order chi connectivity index (χ1) is 15.3. The summed E-state index contributed by atoms with van der Waals surface area (Å²) in [5, 5.41) is 2.93. The van der Waals surface area contributed by atoms with E-state index in [1.54, 1.807) is 0 Å². The minimum atomic E-state index is -4.39. The van der Waals surface area contributed by atoms with Crippen molar-refractivity contribution in [1.82, 2.24) is 15.1 Å². The first kappa shape index (κ1) is 22.8. The average molecular weight is 446 g/mol. The van der Waals surface area contributed by atoms with Gasteiger partial charge in [0, 0.05) is 37.8 Å². The quantitative estimate of drug-likeness (QED) is 0.691. The van der Waals surface area contributed by atoms with Gasteiger partial charge in [0.1, 0.15) is 0 Å². The van der Waals surface area contributed by atoms with Crippen LogP contribution in [0.4, 0.5) is 13.2 Å². The standard InChI is InChI=1S/C25H30F3N3O/c1-30(15-18-5-3-2-4-6-18)16-21-17-31-12-11-20(21)13-23(31)14-29-24(32)19-7-9-22(10-8-19)25(26,27)28/h2-10,20-21,23H,11-17H2,1H3,(H,29,32). The van der Waals surface area contributed by atoms with Crippen molar-refractivity contribution in [3.63, 3.8) is 0 Å². The molecule has 0 radical (unpaired) electrons. The summed E-state index contributed by atoms with van der Waals surface area (Å²) in [6.45, 7) is 4.61. The van der Waals surface area contributed by atoms with Crippen LogP contribution in [0.5, 0.6) is 0 Å². The van der Waals surface area contributed by atoms with Crippen molar-refractivity contribution in [3.8, 4) is 0 Å². The van der Waals surface area contributed by atoms with Crippen molar-refractivity contribution in [2.75, 3.05) is 33.2 Å². The highest BCUT2D eigenvalue weighted by atomic mass is 19.4. The molecule has 4 unspecified atom stereocenters. The number of carbonyl (C=O) groups is 1. The Morgan fingerprint density at radius 1 is 1.12 bits per heavy atom. The lowest BCUT2D eigenvalue weighted by Gasteiger charge is -2.50. The maximum atomic E-state index is 12.7. The lowest BCUT2D eigenvalue weighted by Crippen LogP contribution is -2.58. The van der Waals surface area contributed by atoms with E-state index in [2.05, 4.69) is 46.4 Å². The van der Waals surface area contributed by atoms with Crippen LogP contribution in [0.15, 0.2) is 54.6 Å². The minimum Gasteiger partial charge on any atom is -0.350 e. The fourth-order valence-electron chi connectivity index (χ4n) is 5.15. The summed E-state index contributed by atoms with van der Waals surface area (Å²) in [4.78, 5) is 17.3. The van der Waals surface area contributed by atoms with Crippen molar-refractivity contribution in [1.29, 1.82) is 0 Å². The van der Waals surface area contributed by atoms with Crippen LogP contribution in [0.3, 0.4) is 0 Å². The Balaban J connectivity index is 1.26. The first-order valence-corrected chi connectivity index (χ1v) is 11.2. The molecule has 3 aliphatic heterocycles. The van der Waals surface area contributed by atoms with Crippen LogP contribution in [-0.2, 0) is 12.7 Å². The summed E-state index contributed by atoms with van der Waals surface area (Å²) in [6.07, 6.45) is -2.15. The van der Waals surface area contributed by atoms with Crippen molar-refractivity contribution < 1.29 is 18.0 Å². The number of benzene rings is 2. The Morgan fingerprint density at radius 3 is 2.47 bits per heavy atom. The van der Waals surface area contributed by atoms with Gasteiger partial charge in [0.15, 0.2) is 0 Å². The fourth-order valence-corrected chi connectivity index (χ4v) is 5.15. The summed E-state index contributed by atoms with van der Waals surface area (Å²) in [5.74, 6) is 0.950. The maximum absolute atomic E-state index is 12.7. The molecular formula is C25H30F3N3O. The number of alkyl halides is 3.